The third-order valence-electron chi connectivity index (χ3n) is 2.80. The molecular formula is C14H13ClO3S. The van der Waals surface area contributed by atoms with Crippen LogP contribution < -0.4 is 0 Å². The summed E-state index contributed by atoms with van der Waals surface area (Å²) in [4.78, 5) is -0.125. The van der Waals surface area contributed by atoms with Gasteiger partial charge in [0.2, 0.25) is 0 Å². The summed E-state index contributed by atoms with van der Waals surface area (Å²) < 4.78 is 30.7. The van der Waals surface area contributed by atoms with Gasteiger partial charge in [0, 0.05) is 0 Å². The molecular weight excluding hydrogens is 284 g/mol. The summed E-state index contributed by atoms with van der Waals surface area (Å²) in [6, 6.07) is 15.7. The van der Waals surface area contributed by atoms with Gasteiger partial charge in [-0.05, 0) is 29.7 Å². The Kier molecular flexibility index (Phi) is 4.24. The predicted octanol–water partition coefficient (Wildman–Crippen LogP) is 3.46. The Morgan fingerprint density at radius 1 is 1.00 bits per heavy atom. The Morgan fingerprint density at radius 3 is 2.11 bits per heavy atom. The maximum atomic E-state index is 10.9. The first-order valence-electron chi connectivity index (χ1n) is 5.72. The maximum absolute atomic E-state index is 10.9. The van der Waals surface area contributed by atoms with Gasteiger partial charge in [0.15, 0.2) is 0 Å². The molecule has 0 fully saturated rings. The normalized spacial score (nSPS) is 13.2. The van der Waals surface area contributed by atoms with Crippen LogP contribution in [0.3, 0.4) is 0 Å². The lowest BCUT2D eigenvalue weighted by molar-refractivity contribution is 0.483. The van der Waals surface area contributed by atoms with Crippen LogP contribution >= 0.6 is 11.6 Å². The van der Waals surface area contributed by atoms with Gasteiger partial charge in [0.1, 0.15) is 0 Å². The van der Waals surface area contributed by atoms with Crippen LogP contribution in [0, 0.1) is 0 Å². The SMILES string of the molecule is O=S(=O)(O)c1ccc(C(Cl)Cc2ccccc2)cc1. The van der Waals surface area contributed by atoms with Gasteiger partial charge in [-0.15, -0.1) is 11.6 Å². The van der Waals surface area contributed by atoms with Crippen LogP contribution in [0.4, 0.5) is 0 Å². The Bertz CT molecular complexity index is 636. The highest BCUT2D eigenvalue weighted by Crippen LogP contribution is 2.25. The minimum atomic E-state index is -4.15. The van der Waals surface area contributed by atoms with Crippen molar-refractivity contribution in [3.8, 4) is 0 Å². The highest BCUT2D eigenvalue weighted by atomic mass is 35.5. The molecule has 1 unspecified atom stereocenters. The van der Waals surface area contributed by atoms with Gasteiger partial charge in [0.05, 0.1) is 10.3 Å². The number of hydrogen-bond donors (Lipinski definition) is 1. The Hall–Kier alpha value is -1.36. The number of rotatable bonds is 4. The topological polar surface area (TPSA) is 54.4 Å². The zero-order valence-electron chi connectivity index (χ0n) is 10.0. The number of hydrogen-bond acceptors (Lipinski definition) is 2. The van der Waals surface area contributed by atoms with E-state index in [9.17, 15) is 8.42 Å². The Labute approximate surface area is 117 Å². The molecule has 1 atom stereocenters. The monoisotopic (exact) mass is 296 g/mol. The first-order chi connectivity index (χ1) is 8.97. The molecule has 1 N–H and O–H groups in total. The van der Waals surface area contributed by atoms with E-state index in [1.54, 1.807) is 12.1 Å². The molecule has 0 radical (unpaired) electrons. The van der Waals surface area contributed by atoms with Crippen molar-refractivity contribution in [3.05, 3.63) is 65.7 Å². The zero-order chi connectivity index (χ0) is 13.9. The van der Waals surface area contributed by atoms with E-state index in [0.717, 1.165) is 11.1 Å². The van der Waals surface area contributed by atoms with Crippen molar-refractivity contribution in [3.63, 3.8) is 0 Å². The molecule has 0 aliphatic rings. The molecule has 2 aromatic carbocycles. The fourth-order valence-corrected chi connectivity index (χ4v) is 2.59. The average Bonchev–Trinajstić information content (AvgIpc) is 2.39. The second kappa shape index (κ2) is 5.74. The first-order valence-corrected chi connectivity index (χ1v) is 7.60. The van der Waals surface area contributed by atoms with E-state index >= 15 is 0 Å². The molecule has 0 saturated heterocycles. The third kappa shape index (κ3) is 3.80. The van der Waals surface area contributed by atoms with Crippen molar-refractivity contribution in [1.29, 1.82) is 0 Å². The molecule has 0 aromatic heterocycles. The standard InChI is InChI=1S/C14H13ClO3S/c15-14(10-11-4-2-1-3-5-11)12-6-8-13(9-7-12)19(16,17)18/h1-9,14H,10H2,(H,16,17,18). The molecule has 0 aliphatic heterocycles. The van der Waals surface area contributed by atoms with E-state index in [1.165, 1.54) is 12.1 Å². The quantitative estimate of drug-likeness (QED) is 0.694. The number of benzene rings is 2. The van der Waals surface area contributed by atoms with Crippen molar-refractivity contribution in [1.82, 2.24) is 0 Å². The average molecular weight is 297 g/mol. The lowest BCUT2D eigenvalue weighted by Gasteiger charge is -2.10. The molecule has 2 aromatic rings. The van der Waals surface area contributed by atoms with E-state index in [1.807, 2.05) is 30.3 Å². The predicted molar refractivity (Wildman–Crippen MR) is 75.0 cm³/mol. The minimum absolute atomic E-state index is 0.125. The molecule has 3 nitrogen and oxygen atoms in total. The molecule has 5 heteroatoms. The van der Waals surface area contributed by atoms with Crippen LogP contribution in [0.15, 0.2) is 59.5 Å². The summed E-state index contributed by atoms with van der Waals surface area (Å²) in [6.45, 7) is 0. The molecule has 0 saturated carbocycles. The Balaban J connectivity index is 2.14. The zero-order valence-corrected chi connectivity index (χ0v) is 11.6. The van der Waals surface area contributed by atoms with E-state index in [4.69, 9.17) is 16.2 Å². The van der Waals surface area contributed by atoms with Crippen molar-refractivity contribution in [2.24, 2.45) is 0 Å². The van der Waals surface area contributed by atoms with Crippen LogP contribution in [-0.4, -0.2) is 13.0 Å². The molecule has 0 amide bonds. The molecule has 2 rings (SSSR count). The van der Waals surface area contributed by atoms with E-state index in [2.05, 4.69) is 0 Å². The second-order valence-corrected chi connectivity index (χ2v) is 6.15. The third-order valence-corrected chi connectivity index (χ3v) is 4.07. The molecule has 0 heterocycles. The molecule has 100 valence electrons. The molecule has 19 heavy (non-hydrogen) atoms. The smallest absolute Gasteiger partial charge is 0.282 e. The largest absolute Gasteiger partial charge is 0.294 e. The van der Waals surface area contributed by atoms with Crippen LogP contribution in [0.25, 0.3) is 0 Å². The van der Waals surface area contributed by atoms with Crippen LogP contribution in [-0.2, 0) is 16.5 Å². The first kappa shape index (κ1) is 14.1. The summed E-state index contributed by atoms with van der Waals surface area (Å²) in [6.07, 6.45) is 0.660. The highest BCUT2D eigenvalue weighted by Gasteiger charge is 2.12. The summed E-state index contributed by atoms with van der Waals surface area (Å²) in [5.74, 6) is 0. The van der Waals surface area contributed by atoms with Gasteiger partial charge in [-0.25, -0.2) is 0 Å². The van der Waals surface area contributed by atoms with Gasteiger partial charge >= 0.3 is 0 Å². The summed E-state index contributed by atoms with van der Waals surface area (Å²) in [5, 5.41) is -0.238. The number of halogens is 1. The van der Waals surface area contributed by atoms with E-state index in [-0.39, 0.29) is 10.3 Å². The van der Waals surface area contributed by atoms with Crippen LogP contribution in [0.1, 0.15) is 16.5 Å². The summed E-state index contributed by atoms with van der Waals surface area (Å²) >= 11 is 6.30. The van der Waals surface area contributed by atoms with Crippen molar-refractivity contribution in [2.75, 3.05) is 0 Å². The highest BCUT2D eigenvalue weighted by molar-refractivity contribution is 7.85. The Morgan fingerprint density at radius 2 is 1.58 bits per heavy atom. The second-order valence-electron chi connectivity index (χ2n) is 4.20. The van der Waals surface area contributed by atoms with E-state index in [0.29, 0.717) is 6.42 Å². The molecule has 0 aliphatic carbocycles. The van der Waals surface area contributed by atoms with E-state index < -0.39 is 10.1 Å². The summed E-state index contributed by atoms with van der Waals surface area (Å²) in [5.41, 5.74) is 1.93. The van der Waals surface area contributed by atoms with Crippen molar-refractivity contribution < 1.29 is 13.0 Å². The fourth-order valence-electron chi connectivity index (χ4n) is 1.79. The van der Waals surface area contributed by atoms with Crippen LogP contribution in [0.5, 0.6) is 0 Å². The molecule has 0 spiro atoms. The number of alkyl halides is 1. The molecule has 0 bridgehead atoms. The lowest BCUT2D eigenvalue weighted by atomic mass is 10.0. The van der Waals surface area contributed by atoms with Gasteiger partial charge in [0.25, 0.3) is 10.1 Å². The van der Waals surface area contributed by atoms with Gasteiger partial charge < -0.3 is 0 Å². The fraction of sp³-hybridized carbons (Fsp3) is 0.143. The van der Waals surface area contributed by atoms with Crippen LogP contribution in [0.2, 0.25) is 0 Å². The summed E-state index contributed by atoms with van der Waals surface area (Å²) in [7, 11) is -4.15. The van der Waals surface area contributed by atoms with Crippen molar-refractivity contribution >= 4 is 21.7 Å². The lowest BCUT2D eigenvalue weighted by Crippen LogP contribution is -2.00. The van der Waals surface area contributed by atoms with Gasteiger partial charge in [-0.2, -0.15) is 8.42 Å². The van der Waals surface area contributed by atoms with Crippen molar-refractivity contribution in [2.45, 2.75) is 16.7 Å². The van der Waals surface area contributed by atoms with Gasteiger partial charge in [-0.3, -0.25) is 4.55 Å². The maximum Gasteiger partial charge on any atom is 0.294 e. The van der Waals surface area contributed by atoms with Gasteiger partial charge in [-0.1, -0.05) is 42.5 Å². The minimum Gasteiger partial charge on any atom is -0.282 e.